The Morgan fingerprint density at radius 2 is 1.65 bits per heavy atom. The van der Waals surface area contributed by atoms with Crippen LogP contribution in [0.4, 0.5) is 4.39 Å². The van der Waals surface area contributed by atoms with E-state index in [-0.39, 0.29) is 17.8 Å². The lowest BCUT2D eigenvalue weighted by atomic mass is 10.1. The summed E-state index contributed by atoms with van der Waals surface area (Å²) in [6, 6.07) is 16.1. The quantitative estimate of drug-likeness (QED) is 0.817. The number of carbonyl (C=O) groups is 1. The number of amides is 1. The van der Waals surface area contributed by atoms with Crippen LogP contribution >= 0.6 is 0 Å². The lowest BCUT2D eigenvalue weighted by Crippen LogP contribution is -2.43. The normalized spacial score (nSPS) is 12.2. The highest BCUT2D eigenvalue weighted by Gasteiger charge is 2.21. The van der Waals surface area contributed by atoms with Crippen molar-refractivity contribution in [3.63, 3.8) is 0 Å². The van der Waals surface area contributed by atoms with E-state index < -0.39 is 0 Å². The average Bonchev–Trinajstić information content (AvgIpc) is 2.54. The van der Waals surface area contributed by atoms with E-state index in [1.54, 1.807) is 11.0 Å². The van der Waals surface area contributed by atoms with Gasteiger partial charge in [-0.3, -0.25) is 9.69 Å². The predicted molar refractivity (Wildman–Crippen MR) is 90.2 cm³/mol. The zero-order valence-electron chi connectivity index (χ0n) is 13.9. The zero-order valence-corrected chi connectivity index (χ0v) is 13.9. The molecule has 0 N–H and O–H groups in total. The number of halogens is 1. The molecular formula is C19H23FN2O. The van der Waals surface area contributed by atoms with Gasteiger partial charge in [-0.25, -0.2) is 4.39 Å². The van der Waals surface area contributed by atoms with Gasteiger partial charge in [0.2, 0.25) is 5.91 Å². The third-order valence-corrected chi connectivity index (χ3v) is 3.98. The fourth-order valence-electron chi connectivity index (χ4n) is 2.50. The Kier molecular flexibility index (Phi) is 5.88. The monoisotopic (exact) mass is 314 g/mol. The molecule has 23 heavy (non-hydrogen) atoms. The van der Waals surface area contributed by atoms with Gasteiger partial charge in [0.15, 0.2) is 0 Å². The summed E-state index contributed by atoms with van der Waals surface area (Å²) < 4.78 is 13.3. The van der Waals surface area contributed by atoms with E-state index in [0.717, 1.165) is 11.1 Å². The Labute approximate surface area is 137 Å². The van der Waals surface area contributed by atoms with E-state index in [1.165, 1.54) is 12.1 Å². The number of hydrogen-bond donors (Lipinski definition) is 0. The van der Waals surface area contributed by atoms with Crippen LogP contribution in [0.1, 0.15) is 18.1 Å². The van der Waals surface area contributed by atoms with Crippen molar-refractivity contribution in [1.29, 1.82) is 0 Å². The van der Waals surface area contributed by atoms with Crippen molar-refractivity contribution in [3.8, 4) is 0 Å². The molecule has 0 aliphatic rings. The number of likely N-dealkylation sites (N-methyl/N-ethyl adjacent to an activating group) is 2. The SMILES string of the molecule is CC(C(=O)N(C)Cc1ccccc1)N(C)Cc1cccc(F)c1. The van der Waals surface area contributed by atoms with Crippen LogP contribution < -0.4 is 0 Å². The minimum atomic E-state index is -0.271. The highest BCUT2D eigenvalue weighted by molar-refractivity contribution is 5.81. The standard InChI is InChI=1S/C19H23FN2O/c1-15(21(2)14-17-10-7-11-18(20)12-17)19(23)22(3)13-16-8-5-4-6-9-16/h4-12,15H,13-14H2,1-3H3. The number of rotatable bonds is 6. The van der Waals surface area contributed by atoms with Gasteiger partial charge in [-0.2, -0.15) is 0 Å². The first-order chi connectivity index (χ1) is 11.0. The minimum absolute atomic E-state index is 0.0488. The molecule has 0 heterocycles. The van der Waals surface area contributed by atoms with E-state index in [1.807, 2.05) is 62.3 Å². The van der Waals surface area contributed by atoms with Crippen LogP contribution in [0.5, 0.6) is 0 Å². The molecule has 122 valence electrons. The van der Waals surface area contributed by atoms with E-state index in [9.17, 15) is 9.18 Å². The molecule has 1 unspecified atom stereocenters. The van der Waals surface area contributed by atoms with E-state index in [4.69, 9.17) is 0 Å². The molecule has 0 fully saturated rings. The summed E-state index contributed by atoms with van der Waals surface area (Å²) >= 11 is 0. The van der Waals surface area contributed by atoms with Crippen LogP contribution in [0.3, 0.4) is 0 Å². The van der Waals surface area contributed by atoms with Crippen molar-refractivity contribution >= 4 is 5.91 Å². The van der Waals surface area contributed by atoms with E-state index in [0.29, 0.717) is 13.1 Å². The van der Waals surface area contributed by atoms with Crippen LogP contribution in [0, 0.1) is 5.82 Å². The van der Waals surface area contributed by atoms with Gasteiger partial charge in [0.25, 0.3) is 0 Å². The third-order valence-electron chi connectivity index (χ3n) is 3.98. The first kappa shape index (κ1) is 17.2. The maximum absolute atomic E-state index is 13.3. The van der Waals surface area contributed by atoms with Gasteiger partial charge in [0.1, 0.15) is 5.82 Å². The van der Waals surface area contributed by atoms with Crippen LogP contribution in [0.25, 0.3) is 0 Å². The predicted octanol–water partition coefficient (Wildman–Crippen LogP) is 3.30. The van der Waals surface area contributed by atoms with Gasteiger partial charge < -0.3 is 4.90 Å². The van der Waals surface area contributed by atoms with Crippen molar-refractivity contribution < 1.29 is 9.18 Å². The topological polar surface area (TPSA) is 23.6 Å². The lowest BCUT2D eigenvalue weighted by Gasteiger charge is -2.28. The molecule has 2 rings (SSSR count). The van der Waals surface area contributed by atoms with Crippen molar-refractivity contribution in [1.82, 2.24) is 9.80 Å². The molecule has 0 bridgehead atoms. The minimum Gasteiger partial charge on any atom is -0.340 e. The summed E-state index contributed by atoms with van der Waals surface area (Å²) in [5, 5.41) is 0. The molecule has 0 aliphatic heterocycles. The molecule has 3 nitrogen and oxygen atoms in total. The maximum atomic E-state index is 13.3. The first-order valence-corrected chi connectivity index (χ1v) is 7.71. The molecule has 1 atom stereocenters. The number of nitrogens with zero attached hydrogens (tertiary/aromatic N) is 2. The molecule has 0 aliphatic carbocycles. The Balaban J connectivity index is 1.95. The van der Waals surface area contributed by atoms with Crippen LogP contribution in [-0.2, 0) is 17.9 Å². The second-order valence-electron chi connectivity index (χ2n) is 5.90. The summed E-state index contributed by atoms with van der Waals surface area (Å²) in [5.74, 6) is -0.205. The van der Waals surface area contributed by atoms with Crippen molar-refractivity contribution in [2.24, 2.45) is 0 Å². The molecule has 0 aromatic heterocycles. The molecule has 1 amide bonds. The van der Waals surface area contributed by atoms with Crippen LogP contribution in [-0.4, -0.2) is 35.8 Å². The second kappa shape index (κ2) is 7.88. The average molecular weight is 314 g/mol. The Hall–Kier alpha value is -2.20. The summed E-state index contributed by atoms with van der Waals surface area (Å²) in [6.45, 7) is 2.99. The van der Waals surface area contributed by atoms with Gasteiger partial charge >= 0.3 is 0 Å². The van der Waals surface area contributed by atoms with Gasteiger partial charge in [0.05, 0.1) is 6.04 Å². The fourth-order valence-corrected chi connectivity index (χ4v) is 2.50. The molecule has 0 saturated heterocycles. The van der Waals surface area contributed by atoms with Gasteiger partial charge in [0, 0.05) is 20.1 Å². The summed E-state index contributed by atoms with van der Waals surface area (Å²) in [6.07, 6.45) is 0. The number of benzene rings is 2. The molecule has 2 aromatic rings. The largest absolute Gasteiger partial charge is 0.340 e. The Bertz CT molecular complexity index is 645. The summed E-state index contributed by atoms with van der Waals surface area (Å²) in [4.78, 5) is 16.2. The van der Waals surface area contributed by atoms with Crippen LogP contribution in [0.2, 0.25) is 0 Å². The zero-order chi connectivity index (χ0) is 16.8. The molecule has 0 spiro atoms. The van der Waals surface area contributed by atoms with E-state index in [2.05, 4.69) is 0 Å². The summed E-state index contributed by atoms with van der Waals surface area (Å²) in [7, 11) is 3.69. The maximum Gasteiger partial charge on any atom is 0.239 e. The van der Waals surface area contributed by atoms with E-state index >= 15 is 0 Å². The summed E-state index contributed by atoms with van der Waals surface area (Å²) in [5.41, 5.74) is 1.96. The van der Waals surface area contributed by atoms with Crippen molar-refractivity contribution in [2.75, 3.05) is 14.1 Å². The number of hydrogen-bond acceptors (Lipinski definition) is 2. The van der Waals surface area contributed by atoms with Crippen molar-refractivity contribution in [3.05, 3.63) is 71.5 Å². The molecule has 2 aromatic carbocycles. The molecule has 0 saturated carbocycles. The highest BCUT2D eigenvalue weighted by atomic mass is 19.1. The Morgan fingerprint density at radius 3 is 2.30 bits per heavy atom. The molecular weight excluding hydrogens is 291 g/mol. The Morgan fingerprint density at radius 1 is 1.00 bits per heavy atom. The first-order valence-electron chi connectivity index (χ1n) is 7.71. The smallest absolute Gasteiger partial charge is 0.239 e. The fraction of sp³-hybridized carbons (Fsp3) is 0.316. The van der Waals surface area contributed by atoms with Gasteiger partial charge in [-0.1, -0.05) is 42.5 Å². The highest BCUT2D eigenvalue weighted by Crippen LogP contribution is 2.11. The van der Waals surface area contributed by atoms with Crippen LogP contribution in [0.15, 0.2) is 54.6 Å². The number of carbonyl (C=O) groups excluding carboxylic acids is 1. The van der Waals surface area contributed by atoms with Gasteiger partial charge in [-0.15, -0.1) is 0 Å². The van der Waals surface area contributed by atoms with Crippen molar-refractivity contribution in [2.45, 2.75) is 26.1 Å². The third kappa shape index (κ3) is 4.89. The second-order valence-corrected chi connectivity index (χ2v) is 5.90. The van der Waals surface area contributed by atoms with Gasteiger partial charge in [-0.05, 0) is 37.2 Å². The molecule has 0 radical (unpaired) electrons. The molecule has 4 heteroatoms. The lowest BCUT2D eigenvalue weighted by molar-refractivity contribution is -0.135.